The third-order valence-corrected chi connectivity index (χ3v) is 5.02. The smallest absolute Gasteiger partial charge is 0.323 e. The number of fused-ring (bicyclic) bond motifs is 1. The molecule has 0 aliphatic carbocycles. The van der Waals surface area contributed by atoms with E-state index in [0.717, 1.165) is 23.5 Å². The fraction of sp³-hybridized carbons (Fsp3) is 0.533. The van der Waals surface area contributed by atoms with Crippen molar-refractivity contribution in [1.29, 1.82) is 0 Å². The van der Waals surface area contributed by atoms with E-state index in [1.165, 1.54) is 15.9 Å². The van der Waals surface area contributed by atoms with Crippen LogP contribution in [0.5, 0.6) is 0 Å². The van der Waals surface area contributed by atoms with E-state index >= 15 is 0 Å². The molecule has 0 fully saturated rings. The molecule has 0 amide bonds. The molecule has 0 aliphatic rings. The van der Waals surface area contributed by atoms with E-state index < -0.39 is 5.97 Å². The first-order valence-electron chi connectivity index (χ1n) is 7.32. The van der Waals surface area contributed by atoms with Crippen LogP contribution < -0.4 is 5.56 Å². The minimum Gasteiger partial charge on any atom is -0.480 e. The topological polar surface area (TPSA) is 75.4 Å². The van der Waals surface area contributed by atoms with E-state index in [1.807, 2.05) is 27.7 Å². The first kappa shape index (κ1) is 16.6. The van der Waals surface area contributed by atoms with Crippen LogP contribution in [-0.4, -0.2) is 38.6 Å². The standard InChI is InChI=1S/C15H21N3O3S/c1-5-17(6-2)7-11-16-14-13(9(3)10(4)22-14)15(21)18(11)8-12(19)20/h5-8H2,1-4H3,(H,19,20). The van der Waals surface area contributed by atoms with Gasteiger partial charge in [-0.25, -0.2) is 4.98 Å². The summed E-state index contributed by atoms with van der Waals surface area (Å²) < 4.78 is 1.29. The third-order valence-electron chi connectivity index (χ3n) is 3.92. The zero-order valence-corrected chi connectivity index (χ0v) is 14.2. The third kappa shape index (κ3) is 3.05. The normalized spacial score (nSPS) is 11.5. The average molecular weight is 323 g/mol. The second kappa shape index (κ2) is 6.58. The lowest BCUT2D eigenvalue weighted by Gasteiger charge is -2.19. The van der Waals surface area contributed by atoms with E-state index in [-0.39, 0.29) is 12.1 Å². The van der Waals surface area contributed by atoms with Crippen LogP contribution in [0, 0.1) is 13.8 Å². The van der Waals surface area contributed by atoms with Crippen LogP contribution in [0.15, 0.2) is 4.79 Å². The zero-order valence-electron chi connectivity index (χ0n) is 13.3. The fourth-order valence-corrected chi connectivity index (χ4v) is 3.47. The summed E-state index contributed by atoms with van der Waals surface area (Å²) in [5, 5.41) is 9.66. The van der Waals surface area contributed by atoms with Crippen LogP contribution >= 0.6 is 11.3 Å². The molecule has 0 saturated heterocycles. The number of rotatable bonds is 6. The quantitative estimate of drug-likeness (QED) is 0.880. The number of hydrogen-bond donors (Lipinski definition) is 1. The summed E-state index contributed by atoms with van der Waals surface area (Å²) in [6.45, 7) is 9.65. The molecule has 2 aromatic heterocycles. The van der Waals surface area contributed by atoms with Gasteiger partial charge in [0.25, 0.3) is 5.56 Å². The van der Waals surface area contributed by atoms with Gasteiger partial charge in [-0.3, -0.25) is 19.1 Å². The summed E-state index contributed by atoms with van der Waals surface area (Å²) in [4.78, 5) is 32.3. The van der Waals surface area contributed by atoms with Crippen LogP contribution in [0.25, 0.3) is 10.2 Å². The van der Waals surface area contributed by atoms with E-state index in [1.54, 1.807) is 0 Å². The number of carboxylic acids is 1. The Kier molecular flexibility index (Phi) is 4.97. The highest BCUT2D eigenvalue weighted by atomic mass is 32.1. The van der Waals surface area contributed by atoms with Crippen LogP contribution in [0.2, 0.25) is 0 Å². The summed E-state index contributed by atoms with van der Waals surface area (Å²) in [5.74, 6) is -0.515. The molecule has 0 aliphatic heterocycles. The number of aryl methyl sites for hydroxylation is 2. The van der Waals surface area contributed by atoms with Crippen molar-refractivity contribution < 1.29 is 9.90 Å². The summed E-state index contributed by atoms with van der Waals surface area (Å²) >= 11 is 1.49. The number of carbonyl (C=O) groups is 1. The zero-order chi connectivity index (χ0) is 16.4. The minimum atomic E-state index is -1.03. The Labute approximate surface area is 133 Å². The van der Waals surface area contributed by atoms with E-state index in [0.29, 0.717) is 22.6 Å². The highest BCUT2D eigenvalue weighted by molar-refractivity contribution is 7.18. The van der Waals surface area contributed by atoms with Gasteiger partial charge in [0.05, 0.1) is 11.9 Å². The maximum atomic E-state index is 12.7. The maximum absolute atomic E-state index is 12.7. The lowest BCUT2D eigenvalue weighted by molar-refractivity contribution is -0.137. The second-order valence-electron chi connectivity index (χ2n) is 5.24. The Bertz CT molecular complexity index is 759. The van der Waals surface area contributed by atoms with Crippen molar-refractivity contribution >= 4 is 27.5 Å². The van der Waals surface area contributed by atoms with Gasteiger partial charge in [-0.05, 0) is 32.5 Å². The largest absolute Gasteiger partial charge is 0.480 e. The molecular formula is C15H21N3O3S. The molecule has 0 atom stereocenters. The molecule has 2 rings (SSSR count). The van der Waals surface area contributed by atoms with Gasteiger partial charge < -0.3 is 5.11 Å². The first-order valence-corrected chi connectivity index (χ1v) is 8.14. The SMILES string of the molecule is CCN(CC)Cc1nc2sc(C)c(C)c2c(=O)n1CC(=O)O. The molecule has 6 nitrogen and oxygen atoms in total. The van der Waals surface area contributed by atoms with Crippen molar-refractivity contribution in [2.24, 2.45) is 0 Å². The maximum Gasteiger partial charge on any atom is 0.323 e. The van der Waals surface area contributed by atoms with Crippen molar-refractivity contribution in [2.75, 3.05) is 13.1 Å². The number of nitrogens with zero attached hydrogens (tertiary/aromatic N) is 3. The molecule has 0 aromatic carbocycles. The van der Waals surface area contributed by atoms with Crippen molar-refractivity contribution in [1.82, 2.24) is 14.5 Å². The van der Waals surface area contributed by atoms with Crippen molar-refractivity contribution in [3.05, 3.63) is 26.6 Å². The molecule has 0 unspecified atom stereocenters. The molecule has 22 heavy (non-hydrogen) atoms. The van der Waals surface area contributed by atoms with Gasteiger partial charge in [0.15, 0.2) is 0 Å². The number of thiophene rings is 1. The molecule has 120 valence electrons. The van der Waals surface area contributed by atoms with Crippen LogP contribution in [0.1, 0.15) is 30.1 Å². The first-order chi connectivity index (χ1) is 10.4. The Morgan fingerprint density at radius 2 is 1.95 bits per heavy atom. The Morgan fingerprint density at radius 3 is 2.50 bits per heavy atom. The summed E-state index contributed by atoms with van der Waals surface area (Å²) in [6, 6.07) is 0. The molecule has 2 heterocycles. The molecule has 0 saturated carbocycles. The number of carboxylic acid groups (broad SMARTS) is 1. The average Bonchev–Trinajstić information content (AvgIpc) is 2.75. The van der Waals surface area contributed by atoms with Crippen LogP contribution in [0.3, 0.4) is 0 Å². The second-order valence-corrected chi connectivity index (χ2v) is 6.44. The summed E-state index contributed by atoms with van der Waals surface area (Å²) in [5.41, 5.74) is 0.641. The Balaban J connectivity index is 2.67. The Hall–Kier alpha value is -1.73. The predicted molar refractivity (Wildman–Crippen MR) is 87.6 cm³/mol. The molecular weight excluding hydrogens is 302 g/mol. The van der Waals surface area contributed by atoms with Gasteiger partial charge in [0.1, 0.15) is 17.2 Å². The van der Waals surface area contributed by atoms with Gasteiger partial charge >= 0.3 is 5.97 Å². The van der Waals surface area contributed by atoms with Gasteiger partial charge in [-0.1, -0.05) is 13.8 Å². The summed E-state index contributed by atoms with van der Waals surface area (Å²) in [7, 11) is 0. The lowest BCUT2D eigenvalue weighted by Crippen LogP contribution is -2.32. The number of aromatic nitrogens is 2. The predicted octanol–water partition coefficient (Wildman–Crippen LogP) is 2.00. The number of hydrogen-bond acceptors (Lipinski definition) is 5. The van der Waals surface area contributed by atoms with Gasteiger partial charge in [0, 0.05) is 4.88 Å². The van der Waals surface area contributed by atoms with Gasteiger partial charge in [-0.2, -0.15) is 0 Å². The van der Waals surface area contributed by atoms with E-state index in [9.17, 15) is 9.59 Å². The molecule has 0 spiro atoms. The van der Waals surface area contributed by atoms with Crippen molar-refractivity contribution in [2.45, 2.75) is 40.8 Å². The van der Waals surface area contributed by atoms with E-state index in [2.05, 4.69) is 9.88 Å². The Morgan fingerprint density at radius 1 is 1.32 bits per heavy atom. The highest BCUT2D eigenvalue weighted by Crippen LogP contribution is 2.26. The molecule has 7 heteroatoms. The summed E-state index contributed by atoms with van der Waals surface area (Å²) in [6.07, 6.45) is 0. The molecule has 0 radical (unpaired) electrons. The van der Waals surface area contributed by atoms with Crippen LogP contribution in [-0.2, 0) is 17.9 Å². The number of aliphatic carboxylic acids is 1. The molecule has 0 bridgehead atoms. The van der Waals surface area contributed by atoms with Crippen molar-refractivity contribution in [3.8, 4) is 0 Å². The monoisotopic (exact) mass is 323 g/mol. The van der Waals surface area contributed by atoms with E-state index in [4.69, 9.17) is 5.11 Å². The minimum absolute atomic E-state index is 0.253. The lowest BCUT2D eigenvalue weighted by atomic mass is 10.2. The molecule has 2 aromatic rings. The molecule has 1 N–H and O–H groups in total. The highest BCUT2D eigenvalue weighted by Gasteiger charge is 2.18. The van der Waals surface area contributed by atoms with Gasteiger partial charge in [-0.15, -0.1) is 11.3 Å². The fourth-order valence-electron chi connectivity index (χ4n) is 2.44. The van der Waals surface area contributed by atoms with Crippen molar-refractivity contribution in [3.63, 3.8) is 0 Å². The van der Waals surface area contributed by atoms with Gasteiger partial charge in [0.2, 0.25) is 0 Å². The van der Waals surface area contributed by atoms with Crippen LogP contribution in [0.4, 0.5) is 0 Å².